The Balaban J connectivity index is 1.19. The number of hydrogen-bond donors (Lipinski definition) is 0. The van der Waals surface area contributed by atoms with E-state index in [9.17, 15) is 0 Å². The highest BCUT2D eigenvalue weighted by Crippen LogP contribution is 2.56. The molecule has 0 aromatic heterocycles. The molecule has 12 rings (SSSR count). The van der Waals surface area contributed by atoms with Gasteiger partial charge in [0.05, 0.1) is 11.1 Å². The molecule has 281 valence electrons. The van der Waals surface area contributed by atoms with E-state index in [1.165, 1.54) is 70.5 Å². The molecule has 10 aromatic rings. The van der Waals surface area contributed by atoms with Crippen LogP contribution in [0.1, 0.15) is 22.3 Å². The summed E-state index contributed by atoms with van der Waals surface area (Å²) in [6.07, 6.45) is 0. The van der Waals surface area contributed by atoms with Crippen molar-refractivity contribution in [3.63, 3.8) is 0 Å². The molecule has 1 radical (unpaired) electrons. The maximum absolute atomic E-state index is 6.80. The highest BCUT2D eigenvalue weighted by Gasteiger charge is 2.51. The van der Waals surface area contributed by atoms with Crippen molar-refractivity contribution in [2.45, 2.75) is 5.41 Å². The van der Waals surface area contributed by atoms with Crippen LogP contribution >= 0.6 is 0 Å². The highest BCUT2D eigenvalue weighted by molar-refractivity contribution is 6.96. The summed E-state index contributed by atoms with van der Waals surface area (Å²) in [5.41, 5.74) is 10.1. The molecule has 0 atom stereocenters. The molecule has 2 nitrogen and oxygen atoms in total. The van der Waals surface area contributed by atoms with E-state index in [1.807, 2.05) is 0 Å². The number of rotatable bonds is 5. The molecule has 60 heavy (non-hydrogen) atoms. The maximum atomic E-state index is 6.80. The van der Waals surface area contributed by atoms with E-state index in [0.29, 0.717) is 0 Å². The lowest BCUT2D eigenvalue weighted by Gasteiger charge is -2.47. The molecule has 0 bridgehead atoms. The van der Waals surface area contributed by atoms with Gasteiger partial charge in [0, 0.05) is 27.9 Å². The third-order valence-electron chi connectivity index (χ3n) is 12.6. The Morgan fingerprint density at radius 1 is 0.367 bits per heavy atom. The van der Waals surface area contributed by atoms with E-state index in [2.05, 4.69) is 235 Å². The Labute approximate surface area is 351 Å². The minimum absolute atomic E-state index is 0.634. The van der Waals surface area contributed by atoms with Crippen LogP contribution in [0.4, 0.5) is 17.1 Å². The molecule has 0 saturated carbocycles. The Morgan fingerprint density at radius 3 is 1.63 bits per heavy atom. The van der Waals surface area contributed by atoms with Gasteiger partial charge in [-0.15, -0.1) is 0 Å². The summed E-state index contributed by atoms with van der Waals surface area (Å²) in [4.78, 5) is 2.49. The summed E-state index contributed by atoms with van der Waals surface area (Å²) in [5, 5.41) is 9.09. The van der Waals surface area contributed by atoms with Crippen LogP contribution in [0, 0.1) is 0 Å². The number of hydrogen-bond acceptors (Lipinski definition) is 2. The lowest BCUT2D eigenvalue weighted by molar-refractivity contribution is 0.435. The van der Waals surface area contributed by atoms with Gasteiger partial charge in [-0.3, -0.25) is 0 Å². The monoisotopic (exact) mass is 780 g/mol. The van der Waals surface area contributed by atoms with Crippen molar-refractivity contribution in [3.05, 3.63) is 253 Å². The molecule has 0 saturated heterocycles. The van der Waals surface area contributed by atoms with Crippen LogP contribution in [-0.4, -0.2) is 8.80 Å². The molecule has 0 unspecified atom stereocenters. The van der Waals surface area contributed by atoms with Crippen LogP contribution in [-0.2, 0) is 5.41 Å². The summed E-state index contributed by atoms with van der Waals surface area (Å²) in [6.45, 7) is 0. The van der Waals surface area contributed by atoms with Gasteiger partial charge in [-0.1, -0.05) is 193 Å². The van der Waals surface area contributed by atoms with Crippen molar-refractivity contribution >= 4 is 63.0 Å². The van der Waals surface area contributed by atoms with Gasteiger partial charge in [-0.05, 0) is 91.3 Å². The van der Waals surface area contributed by atoms with Crippen molar-refractivity contribution in [3.8, 4) is 22.6 Å². The molecule has 2 heterocycles. The van der Waals surface area contributed by atoms with E-state index < -0.39 is 14.2 Å². The van der Waals surface area contributed by atoms with Crippen LogP contribution in [0.15, 0.2) is 231 Å². The van der Waals surface area contributed by atoms with Crippen LogP contribution in [0.5, 0.6) is 11.5 Å². The molecule has 0 N–H and O–H groups in total. The van der Waals surface area contributed by atoms with Crippen LogP contribution < -0.4 is 25.2 Å². The fourth-order valence-corrected chi connectivity index (χ4v) is 13.1. The van der Waals surface area contributed by atoms with Gasteiger partial charge in [0.2, 0.25) is 0 Å². The summed E-state index contributed by atoms with van der Waals surface area (Å²) in [7, 11) is -1.44. The average Bonchev–Trinajstić information content (AvgIpc) is 3.32. The van der Waals surface area contributed by atoms with E-state index in [0.717, 1.165) is 28.6 Å². The number of anilines is 3. The zero-order chi connectivity index (χ0) is 39.6. The SMILES string of the molecule is c1ccc(-c2ccc(N(c3ccc4c(c3)C3(c5ccccc5Oc5ccccc53)c3ccccc3[Si]4c3ccccc3)c3cc4ccccc4c4ccccc34)cc2)cc1. The van der Waals surface area contributed by atoms with E-state index in [-0.39, 0.29) is 0 Å². The zero-order valence-electron chi connectivity index (χ0n) is 32.8. The molecular formula is C57H38NOSi. The Kier molecular flexibility index (Phi) is 7.97. The fourth-order valence-electron chi connectivity index (χ4n) is 10.1. The molecule has 0 aliphatic carbocycles. The first-order valence-corrected chi connectivity index (χ1v) is 22.2. The number of ether oxygens (including phenoxy) is 1. The van der Waals surface area contributed by atoms with Crippen LogP contribution in [0.2, 0.25) is 0 Å². The van der Waals surface area contributed by atoms with Gasteiger partial charge < -0.3 is 9.64 Å². The molecule has 0 fully saturated rings. The van der Waals surface area contributed by atoms with E-state index in [4.69, 9.17) is 4.74 Å². The molecular weight excluding hydrogens is 743 g/mol. The van der Waals surface area contributed by atoms with Crippen molar-refractivity contribution in [1.29, 1.82) is 0 Å². The minimum atomic E-state index is -1.44. The first kappa shape index (κ1) is 34.6. The topological polar surface area (TPSA) is 12.5 Å². The number of fused-ring (bicyclic) bond motifs is 11. The molecule has 0 amide bonds. The molecule has 3 heteroatoms. The largest absolute Gasteiger partial charge is 0.457 e. The number of benzene rings is 10. The van der Waals surface area contributed by atoms with Crippen molar-refractivity contribution in [2.24, 2.45) is 0 Å². The molecule has 1 spiro atoms. The third-order valence-corrected chi connectivity index (χ3v) is 15.5. The first-order chi connectivity index (χ1) is 29.8. The second-order valence-corrected chi connectivity index (χ2v) is 18.2. The fraction of sp³-hybridized carbons (Fsp3) is 0.0175. The van der Waals surface area contributed by atoms with E-state index in [1.54, 1.807) is 0 Å². The van der Waals surface area contributed by atoms with Crippen molar-refractivity contribution < 1.29 is 4.74 Å². The van der Waals surface area contributed by atoms with Gasteiger partial charge in [0.25, 0.3) is 0 Å². The normalized spacial score (nSPS) is 13.5. The summed E-state index contributed by atoms with van der Waals surface area (Å²) >= 11 is 0. The minimum Gasteiger partial charge on any atom is -0.457 e. The van der Waals surface area contributed by atoms with Crippen LogP contribution in [0.3, 0.4) is 0 Å². The molecule has 2 aliphatic rings. The van der Waals surface area contributed by atoms with Gasteiger partial charge in [-0.2, -0.15) is 0 Å². The summed E-state index contributed by atoms with van der Waals surface area (Å²) in [6, 6.07) is 84.9. The van der Waals surface area contributed by atoms with Crippen molar-refractivity contribution in [1.82, 2.24) is 0 Å². The van der Waals surface area contributed by atoms with Crippen LogP contribution in [0.25, 0.3) is 32.7 Å². The average molecular weight is 781 g/mol. The second-order valence-electron chi connectivity index (χ2n) is 15.8. The third kappa shape index (κ3) is 5.19. The predicted molar refractivity (Wildman–Crippen MR) is 251 cm³/mol. The van der Waals surface area contributed by atoms with Gasteiger partial charge in [0.15, 0.2) is 8.80 Å². The predicted octanol–water partition coefficient (Wildman–Crippen LogP) is 12.4. The smallest absolute Gasteiger partial charge is 0.155 e. The zero-order valence-corrected chi connectivity index (χ0v) is 33.8. The quantitative estimate of drug-likeness (QED) is 0.127. The Bertz CT molecular complexity index is 3200. The summed E-state index contributed by atoms with van der Waals surface area (Å²) in [5.74, 6) is 1.79. The highest BCUT2D eigenvalue weighted by atomic mass is 28.3. The van der Waals surface area contributed by atoms with Gasteiger partial charge in [-0.25, -0.2) is 0 Å². The molecule has 2 aliphatic heterocycles. The number of nitrogens with zero attached hydrogens (tertiary/aromatic N) is 1. The van der Waals surface area contributed by atoms with Gasteiger partial charge in [0.1, 0.15) is 11.5 Å². The van der Waals surface area contributed by atoms with E-state index >= 15 is 0 Å². The number of para-hydroxylation sites is 2. The van der Waals surface area contributed by atoms with Gasteiger partial charge >= 0.3 is 0 Å². The van der Waals surface area contributed by atoms with Crippen molar-refractivity contribution in [2.75, 3.05) is 4.90 Å². The standard InChI is InChI=1S/C57H38NOSi/c1-3-17-39(18-4-1)40-31-33-42(34-32-40)58(52-37-41-19-7-8-22-45(41)46-23-9-10-24-47(46)52)43-35-36-56-51(38-43)57(48-25-11-14-28-53(48)59-54-29-15-12-26-49(54)57)50-27-13-16-30-55(50)60(56)44-20-5-2-6-21-44/h1-38H. The Hall–Kier alpha value is -7.46. The second kappa shape index (κ2) is 13.8. The lowest BCUT2D eigenvalue weighted by Crippen LogP contribution is -2.62. The summed E-state index contributed by atoms with van der Waals surface area (Å²) < 4.78 is 6.80. The first-order valence-electron chi connectivity index (χ1n) is 20.7. The maximum Gasteiger partial charge on any atom is 0.155 e. The Morgan fingerprint density at radius 2 is 0.900 bits per heavy atom. The lowest BCUT2D eigenvalue weighted by atomic mass is 9.63. The molecule has 10 aromatic carbocycles.